The number of nitrogens with zero attached hydrogens (tertiary/aromatic N) is 3. The number of aryl methyl sites for hydroxylation is 1. The fourth-order valence-corrected chi connectivity index (χ4v) is 3.52. The third-order valence-electron chi connectivity index (χ3n) is 4.18. The van der Waals surface area contributed by atoms with Crippen LogP contribution in [0.15, 0.2) is 30.3 Å². The summed E-state index contributed by atoms with van der Waals surface area (Å²) in [5.74, 6) is -1.24. The Bertz CT molecular complexity index is 764. The highest BCUT2D eigenvalue weighted by Gasteiger charge is 2.51. The van der Waals surface area contributed by atoms with Gasteiger partial charge in [0.1, 0.15) is 10.0 Å². The quantitative estimate of drug-likeness (QED) is 0.747. The lowest BCUT2D eigenvalue weighted by Crippen LogP contribution is -2.52. The van der Waals surface area contributed by atoms with E-state index in [0.29, 0.717) is 25.2 Å². The van der Waals surface area contributed by atoms with Gasteiger partial charge in [0.25, 0.3) is 11.8 Å². The summed E-state index contributed by atoms with van der Waals surface area (Å²) in [6.07, 6.45) is 1.43. The zero-order valence-corrected chi connectivity index (χ0v) is 14.8. The predicted molar refractivity (Wildman–Crippen MR) is 94.4 cm³/mol. The summed E-state index contributed by atoms with van der Waals surface area (Å²) in [5.41, 5.74) is -1.33. The van der Waals surface area contributed by atoms with Gasteiger partial charge >= 0.3 is 0 Å². The van der Waals surface area contributed by atoms with Gasteiger partial charge in [-0.2, -0.15) is 0 Å². The largest absolute Gasteiger partial charge is 0.372 e. The van der Waals surface area contributed by atoms with Crippen molar-refractivity contribution in [2.45, 2.75) is 31.8 Å². The van der Waals surface area contributed by atoms with Gasteiger partial charge in [0.15, 0.2) is 0 Å². The Morgan fingerprint density at radius 2 is 2.04 bits per heavy atom. The van der Waals surface area contributed by atoms with E-state index in [1.165, 1.54) is 16.2 Å². The number of carbonyl (C=O) groups excluding carboxylic acids is 2. The highest BCUT2D eigenvalue weighted by Crippen LogP contribution is 2.28. The van der Waals surface area contributed by atoms with Crippen molar-refractivity contribution in [3.05, 3.63) is 40.3 Å². The number of anilines is 1. The molecule has 1 unspecified atom stereocenters. The van der Waals surface area contributed by atoms with Gasteiger partial charge in [-0.05, 0) is 18.6 Å². The monoisotopic (exact) mass is 360 g/mol. The molecule has 1 atom stereocenters. The average Bonchev–Trinajstić information content (AvgIpc) is 3.21. The molecule has 1 aromatic carbocycles. The molecule has 2 N–H and O–H groups in total. The Hall–Kier alpha value is -2.32. The zero-order valence-electron chi connectivity index (χ0n) is 13.9. The molecule has 7 nitrogen and oxygen atoms in total. The Morgan fingerprint density at radius 3 is 2.72 bits per heavy atom. The van der Waals surface area contributed by atoms with E-state index in [1.807, 2.05) is 25.1 Å². The fourth-order valence-electron chi connectivity index (χ4n) is 2.73. The van der Waals surface area contributed by atoms with E-state index < -0.39 is 17.4 Å². The first-order valence-electron chi connectivity index (χ1n) is 8.23. The molecule has 1 aliphatic heterocycles. The van der Waals surface area contributed by atoms with Gasteiger partial charge in [0.05, 0.1) is 0 Å². The summed E-state index contributed by atoms with van der Waals surface area (Å²) in [6.45, 7) is 2.62. The van der Waals surface area contributed by atoms with Gasteiger partial charge in [-0.3, -0.25) is 9.59 Å². The van der Waals surface area contributed by atoms with E-state index in [0.717, 1.165) is 16.4 Å². The minimum atomic E-state index is -2.01. The first-order valence-corrected chi connectivity index (χ1v) is 9.05. The SMILES string of the molecule is CCc1nnc(CCNC(=O)C2(O)CCN(c3ccccc3)C2=O)s1. The summed E-state index contributed by atoms with van der Waals surface area (Å²) in [4.78, 5) is 26.3. The van der Waals surface area contributed by atoms with Crippen LogP contribution in [-0.2, 0) is 22.4 Å². The second-order valence-electron chi connectivity index (χ2n) is 5.85. The van der Waals surface area contributed by atoms with Crippen LogP contribution in [0, 0.1) is 0 Å². The number of para-hydroxylation sites is 1. The Labute approximate surface area is 149 Å². The third-order valence-corrected chi connectivity index (χ3v) is 5.30. The molecule has 0 spiro atoms. The van der Waals surface area contributed by atoms with E-state index in [4.69, 9.17) is 0 Å². The number of benzene rings is 1. The molecule has 132 valence electrons. The van der Waals surface area contributed by atoms with Crippen LogP contribution >= 0.6 is 11.3 Å². The minimum absolute atomic E-state index is 0.0748. The molecular weight excluding hydrogens is 340 g/mol. The Morgan fingerprint density at radius 1 is 1.32 bits per heavy atom. The van der Waals surface area contributed by atoms with Crippen LogP contribution in [0.1, 0.15) is 23.4 Å². The number of amides is 2. The van der Waals surface area contributed by atoms with Crippen LogP contribution in [0.5, 0.6) is 0 Å². The van der Waals surface area contributed by atoms with Crippen LogP contribution in [0.3, 0.4) is 0 Å². The number of nitrogens with one attached hydrogen (secondary N) is 1. The first kappa shape index (κ1) is 17.5. The first-order chi connectivity index (χ1) is 12.0. The van der Waals surface area contributed by atoms with Gasteiger partial charge in [0, 0.05) is 31.6 Å². The van der Waals surface area contributed by atoms with Crippen molar-refractivity contribution in [1.82, 2.24) is 15.5 Å². The van der Waals surface area contributed by atoms with Crippen molar-refractivity contribution in [1.29, 1.82) is 0 Å². The summed E-state index contributed by atoms with van der Waals surface area (Å²) in [7, 11) is 0. The van der Waals surface area contributed by atoms with Gasteiger partial charge in [-0.25, -0.2) is 0 Å². The Balaban J connectivity index is 1.58. The van der Waals surface area contributed by atoms with Gasteiger partial charge in [0.2, 0.25) is 5.60 Å². The van der Waals surface area contributed by atoms with E-state index >= 15 is 0 Å². The second-order valence-corrected chi connectivity index (χ2v) is 7.00. The summed E-state index contributed by atoms with van der Waals surface area (Å²) in [5, 5.41) is 23.1. The molecule has 3 rings (SSSR count). The molecule has 2 heterocycles. The molecular formula is C17H20N4O3S. The van der Waals surface area contributed by atoms with Crippen LogP contribution in [0.2, 0.25) is 0 Å². The van der Waals surface area contributed by atoms with Crippen LogP contribution < -0.4 is 10.2 Å². The van der Waals surface area contributed by atoms with Crippen molar-refractivity contribution in [2.24, 2.45) is 0 Å². The van der Waals surface area contributed by atoms with Crippen molar-refractivity contribution in [2.75, 3.05) is 18.0 Å². The van der Waals surface area contributed by atoms with Crippen LogP contribution in [0.25, 0.3) is 0 Å². The maximum absolute atomic E-state index is 12.5. The van der Waals surface area contributed by atoms with Crippen LogP contribution in [-0.4, -0.2) is 45.8 Å². The molecule has 0 aliphatic carbocycles. The van der Waals surface area contributed by atoms with Gasteiger partial charge < -0.3 is 15.3 Å². The van der Waals surface area contributed by atoms with Crippen molar-refractivity contribution >= 4 is 28.8 Å². The standard InChI is InChI=1S/C17H20N4O3S/c1-2-13-19-20-14(25-13)8-10-18-15(22)17(24)9-11-21(16(17)23)12-6-4-3-5-7-12/h3-7,24H,2,8-11H2,1H3,(H,18,22). The van der Waals surface area contributed by atoms with E-state index in [9.17, 15) is 14.7 Å². The molecule has 1 saturated heterocycles. The fraction of sp³-hybridized carbons (Fsp3) is 0.412. The summed E-state index contributed by atoms with van der Waals surface area (Å²) in [6, 6.07) is 9.03. The number of carbonyl (C=O) groups is 2. The molecule has 0 saturated carbocycles. The van der Waals surface area contributed by atoms with Crippen molar-refractivity contribution < 1.29 is 14.7 Å². The van der Waals surface area contributed by atoms with Crippen LogP contribution in [0.4, 0.5) is 5.69 Å². The molecule has 2 amide bonds. The molecule has 2 aromatic rings. The van der Waals surface area contributed by atoms with E-state index in [-0.39, 0.29) is 6.42 Å². The lowest BCUT2D eigenvalue weighted by atomic mass is 10.0. The topological polar surface area (TPSA) is 95.4 Å². The smallest absolute Gasteiger partial charge is 0.268 e. The van der Waals surface area contributed by atoms with Gasteiger partial charge in [-0.1, -0.05) is 25.1 Å². The molecule has 25 heavy (non-hydrogen) atoms. The third kappa shape index (κ3) is 3.54. The maximum Gasteiger partial charge on any atom is 0.268 e. The number of rotatable bonds is 6. The average molecular weight is 360 g/mol. The predicted octanol–water partition coefficient (Wildman–Crippen LogP) is 0.927. The number of hydrogen-bond acceptors (Lipinski definition) is 6. The number of aromatic nitrogens is 2. The second kappa shape index (κ2) is 7.28. The normalized spacial score (nSPS) is 20.1. The van der Waals surface area contributed by atoms with Crippen molar-refractivity contribution in [3.63, 3.8) is 0 Å². The molecule has 1 fully saturated rings. The molecule has 0 radical (unpaired) electrons. The molecule has 0 bridgehead atoms. The number of hydrogen-bond donors (Lipinski definition) is 2. The molecule has 8 heteroatoms. The summed E-state index contributed by atoms with van der Waals surface area (Å²) >= 11 is 1.50. The maximum atomic E-state index is 12.5. The van der Waals surface area contributed by atoms with E-state index in [1.54, 1.807) is 12.1 Å². The minimum Gasteiger partial charge on any atom is -0.372 e. The lowest BCUT2D eigenvalue weighted by Gasteiger charge is -2.21. The van der Waals surface area contributed by atoms with Gasteiger partial charge in [-0.15, -0.1) is 21.5 Å². The Kier molecular flexibility index (Phi) is 5.10. The lowest BCUT2D eigenvalue weighted by molar-refractivity contribution is -0.149. The highest BCUT2D eigenvalue weighted by atomic mass is 32.1. The number of aliphatic hydroxyl groups is 1. The highest BCUT2D eigenvalue weighted by molar-refractivity contribution is 7.11. The van der Waals surface area contributed by atoms with Crippen molar-refractivity contribution in [3.8, 4) is 0 Å². The van der Waals surface area contributed by atoms with E-state index in [2.05, 4.69) is 15.5 Å². The zero-order chi connectivity index (χ0) is 17.9. The molecule has 1 aliphatic rings. The molecule has 1 aromatic heterocycles. The summed E-state index contributed by atoms with van der Waals surface area (Å²) < 4.78 is 0.